The lowest BCUT2D eigenvalue weighted by atomic mass is 10.2. The highest BCUT2D eigenvalue weighted by Gasteiger charge is 2.75. The number of hydrogen-bond donors (Lipinski definition) is 1. The van der Waals surface area contributed by atoms with Gasteiger partial charge in [0.15, 0.2) is 4.75 Å². The molecule has 4 rings (SSSR count). The number of hydrogen-bond acceptors (Lipinski definition) is 5. The molecule has 1 aliphatic heterocycles. The van der Waals surface area contributed by atoms with Crippen molar-refractivity contribution in [3.05, 3.63) is 48.5 Å². The predicted octanol–water partition coefficient (Wildman–Crippen LogP) is 2.25. The van der Waals surface area contributed by atoms with Crippen molar-refractivity contribution < 1.29 is 22.7 Å². The average molecular weight is 388 g/mol. The van der Waals surface area contributed by atoms with E-state index >= 15 is 0 Å². The van der Waals surface area contributed by atoms with Gasteiger partial charge in [0.2, 0.25) is 15.9 Å². The topological polar surface area (TPSA) is 84.9 Å². The van der Waals surface area contributed by atoms with Crippen LogP contribution in [0, 0.1) is 5.92 Å². The van der Waals surface area contributed by atoms with Gasteiger partial charge >= 0.3 is 0 Å². The first-order chi connectivity index (χ1) is 12.9. The molecule has 0 spiro atoms. The third kappa shape index (κ3) is 2.63. The second-order valence-electron chi connectivity index (χ2n) is 6.71. The van der Waals surface area contributed by atoms with E-state index in [1.54, 1.807) is 62.8 Å². The van der Waals surface area contributed by atoms with Crippen LogP contribution in [-0.4, -0.2) is 39.8 Å². The van der Waals surface area contributed by atoms with E-state index in [9.17, 15) is 13.2 Å². The minimum Gasteiger partial charge on any atom is -0.497 e. The zero-order valence-electron chi connectivity index (χ0n) is 15.0. The molecule has 1 N–H and O–H groups in total. The number of rotatable bonds is 5. The fourth-order valence-electron chi connectivity index (χ4n) is 3.63. The van der Waals surface area contributed by atoms with Crippen LogP contribution in [0.5, 0.6) is 11.5 Å². The highest BCUT2D eigenvalue weighted by atomic mass is 32.2. The summed E-state index contributed by atoms with van der Waals surface area (Å²) in [6.07, 6.45) is 0.351. The van der Waals surface area contributed by atoms with Crippen molar-refractivity contribution in [2.45, 2.75) is 11.2 Å². The van der Waals surface area contributed by atoms with Gasteiger partial charge in [-0.2, -0.15) is 0 Å². The summed E-state index contributed by atoms with van der Waals surface area (Å²) in [6, 6.07) is 13.6. The van der Waals surface area contributed by atoms with Crippen LogP contribution in [0.1, 0.15) is 6.42 Å². The van der Waals surface area contributed by atoms with Crippen LogP contribution in [0.4, 0.5) is 11.4 Å². The van der Waals surface area contributed by atoms with Crippen LogP contribution in [0.2, 0.25) is 0 Å². The Kier molecular flexibility index (Phi) is 4.03. The van der Waals surface area contributed by atoms with Gasteiger partial charge in [-0.1, -0.05) is 0 Å². The molecule has 1 amide bonds. The highest BCUT2D eigenvalue weighted by Crippen LogP contribution is 2.58. The molecular formula is C19H20N2O5S. The van der Waals surface area contributed by atoms with Gasteiger partial charge < -0.3 is 14.8 Å². The number of methoxy groups -OCH3 is 2. The lowest BCUT2D eigenvalue weighted by Gasteiger charge is -2.23. The maximum absolute atomic E-state index is 13.2. The van der Waals surface area contributed by atoms with E-state index in [0.29, 0.717) is 35.8 Å². The van der Waals surface area contributed by atoms with E-state index < -0.39 is 20.7 Å². The first kappa shape index (κ1) is 17.7. The van der Waals surface area contributed by atoms with Gasteiger partial charge in [0.1, 0.15) is 11.5 Å². The van der Waals surface area contributed by atoms with Crippen molar-refractivity contribution in [3.63, 3.8) is 0 Å². The number of anilines is 2. The van der Waals surface area contributed by atoms with Crippen molar-refractivity contribution >= 4 is 27.3 Å². The summed E-state index contributed by atoms with van der Waals surface area (Å²) in [6.45, 7) is 0.310. The Morgan fingerprint density at radius 2 is 1.59 bits per heavy atom. The summed E-state index contributed by atoms with van der Waals surface area (Å²) < 4.78 is 36.5. The van der Waals surface area contributed by atoms with Crippen molar-refractivity contribution in [1.29, 1.82) is 0 Å². The van der Waals surface area contributed by atoms with E-state index in [-0.39, 0.29) is 5.92 Å². The number of nitrogens with one attached hydrogen (secondary N) is 1. The van der Waals surface area contributed by atoms with E-state index in [0.717, 1.165) is 0 Å². The molecule has 2 aromatic rings. The lowest BCUT2D eigenvalue weighted by molar-refractivity contribution is -0.116. The van der Waals surface area contributed by atoms with Crippen LogP contribution in [-0.2, 0) is 14.8 Å². The van der Waals surface area contributed by atoms with Gasteiger partial charge in [-0.15, -0.1) is 0 Å². The first-order valence-corrected chi connectivity index (χ1v) is 9.98. The number of amides is 1. The lowest BCUT2D eigenvalue weighted by Crippen LogP contribution is -2.42. The summed E-state index contributed by atoms with van der Waals surface area (Å²) in [5, 5.41) is 2.74. The second kappa shape index (κ2) is 6.16. The summed E-state index contributed by atoms with van der Waals surface area (Å²) in [7, 11) is -0.696. The number of sulfonamides is 1. The quantitative estimate of drug-likeness (QED) is 0.849. The number of benzene rings is 2. The van der Waals surface area contributed by atoms with Crippen LogP contribution < -0.4 is 19.1 Å². The molecule has 1 saturated heterocycles. The highest BCUT2D eigenvalue weighted by molar-refractivity contribution is 7.95. The fraction of sp³-hybridized carbons (Fsp3) is 0.316. The van der Waals surface area contributed by atoms with Crippen LogP contribution >= 0.6 is 0 Å². The normalized spacial score (nSPS) is 24.8. The number of fused-ring (bicyclic) bond motifs is 1. The maximum Gasteiger partial charge on any atom is 0.250 e. The van der Waals surface area contributed by atoms with Gasteiger partial charge in [-0.3, -0.25) is 9.10 Å². The Morgan fingerprint density at radius 3 is 2.15 bits per heavy atom. The molecule has 0 bridgehead atoms. The molecule has 2 atom stereocenters. The SMILES string of the molecule is COc1ccc(NC(=O)[C@]23C[C@H]2CN(c2ccc(OC)cc2)S3(=O)=O)cc1. The van der Waals surface area contributed by atoms with Gasteiger partial charge in [-0.05, 0) is 55.0 Å². The summed E-state index contributed by atoms with van der Waals surface area (Å²) >= 11 is 0. The fourth-order valence-corrected chi connectivity index (χ4v) is 5.99. The Labute approximate surface area is 157 Å². The molecule has 2 fully saturated rings. The monoisotopic (exact) mass is 388 g/mol. The standard InChI is InChI=1S/C19H20N2O5S/c1-25-16-7-3-14(4-8-16)20-18(22)19-11-13(19)12-21(27(19,23)24)15-5-9-17(26-2)10-6-15/h3-10,13H,11-12H2,1-2H3,(H,20,22)/t13-,19-/m0/s1. The molecule has 8 heteroatoms. The molecule has 1 saturated carbocycles. The zero-order valence-corrected chi connectivity index (χ0v) is 15.8. The second-order valence-corrected chi connectivity index (χ2v) is 8.83. The van der Waals surface area contributed by atoms with E-state index in [1.165, 1.54) is 4.31 Å². The number of carbonyl (C=O) groups excluding carboxylic acids is 1. The Bertz CT molecular complexity index is 972. The third-order valence-corrected chi connectivity index (χ3v) is 7.82. The third-order valence-electron chi connectivity index (χ3n) is 5.28. The smallest absolute Gasteiger partial charge is 0.250 e. The Morgan fingerprint density at radius 1 is 1.04 bits per heavy atom. The van der Waals surface area contributed by atoms with Crippen molar-refractivity contribution in [1.82, 2.24) is 0 Å². The molecule has 1 heterocycles. The van der Waals surface area contributed by atoms with E-state index in [1.807, 2.05) is 0 Å². The maximum atomic E-state index is 13.2. The van der Waals surface area contributed by atoms with Crippen molar-refractivity contribution in [2.24, 2.45) is 5.92 Å². The van der Waals surface area contributed by atoms with Gasteiger partial charge in [0.25, 0.3) is 0 Å². The zero-order chi connectivity index (χ0) is 19.2. The number of nitrogens with zero attached hydrogens (tertiary/aromatic N) is 1. The molecule has 142 valence electrons. The van der Waals surface area contributed by atoms with Crippen molar-refractivity contribution in [2.75, 3.05) is 30.4 Å². The summed E-state index contributed by atoms with van der Waals surface area (Å²) in [5.74, 6) is 0.624. The largest absolute Gasteiger partial charge is 0.497 e. The molecule has 2 aliphatic rings. The molecule has 0 radical (unpaired) electrons. The summed E-state index contributed by atoms with van der Waals surface area (Å²) in [4.78, 5) is 12.9. The Balaban J connectivity index is 1.57. The number of carbonyl (C=O) groups is 1. The van der Waals surface area contributed by atoms with Crippen LogP contribution in [0.25, 0.3) is 0 Å². The van der Waals surface area contributed by atoms with Gasteiger partial charge in [0, 0.05) is 18.2 Å². The molecular weight excluding hydrogens is 368 g/mol. The molecule has 0 aromatic heterocycles. The molecule has 2 aromatic carbocycles. The molecule has 7 nitrogen and oxygen atoms in total. The minimum absolute atomic E-state index is 0.206. The molecule has 27 heavy (non-hydrogen) atoms. The molecule has 0 unspecified atom stereocenters. The minimum atomic E-state index is -3.80. The van der Waals surface area contributed by atoms with E-state index in [2.05, 4.69) is 5.32 Å². The van der Waals surface area contributed by atoms with E-state index in [4.69, 9.17) is 9.47 Å². The number of ether oxygens (including phenoxy) is 2. The van der Waals surface area contributed by atoms with Crippen LogP contribution in [0.3, 0.4) is 0 Å². The first-order valence-electron chi connectivity index (χ1n) is 8.54. The van der Waals surface area contributed by atoms with Gasteiger partial charge in [-0.25, -0.2) is 8.42 Å². The predicted molar refractivity (Wildman–Crippen MR) is 102 cm³/mol. The average Bonchev–Trinajstić information content (AvgIpc) is 3.38. The van der Waals surface area contributed by atoms with Crippen LogP contribution in [0.15, 0.2) is 48.5 Å². The summed E-state index contributed by atoms with van der Waals surface area (Å²) in [5.41, 5.74) is 1.08. The Hall–Kier alpha value is -2.74. The molecule has 1 aliphatic carbocycles. The van der Waals surface area contributed by atoms with Crippen molar-refractivity contribution in [3.8, 4) is 11.5 Å². The van der Waals surface area contributed by atoms with Gasteiger partial charge in [0.05, 0.1) is 19.9 Å².